The number of esters is 2. The summed E-state index contributed by atoms with van der Waals surface area (Å²) in [6.45, 7) is 15.3. The smallest absolute Gasteiger partial charge is 0.344 e. The average Bonchev–Trinajstić information content (AvgIpc) is 2.86. The third-order valence-electron chi connectivity index (χ3n) is 5.01. The minimum Gasteiger partial charge on any atom is -0.478 e. The van der Waals surface area contributed by atoms with Crippen LogP contribution in [0.1, 0.15) is 72.7 Å². The summed E-state index contributed by atoms with van der Waals surface area (Å²) in [5.41, 5.74) is 2.65. The monoisotopic (exact) mass is 606 g/mol. The number of hydrogen-bond acceptors (Lipinski definition) is 11. The van der Waals surface area contributed by atoms with Crippen molar-refractivity contribution in [3.8, 4) is 11.5 Å². The molecule has 1 fully saturated rings. The topological polar surface area (TPSA) is 162 Å². The van der Waals surface area contributed by atoms with Gasteiger partial charge >= 0.3 is 18.0 Å². The molecule has 238 valence electrons. The van der Waals surface area contributed by atoms with E-state index in [4.69, 9.17) is 23.8 Å². The Kier molecular flexibility index (Phi) is 11.7. The Bertz CT molecular complexity index is 1240. The van der Waals surface area contributed by atoms with Crippen molar-refractivity contribution < 1.29 is 47.8 Å². The summed E-state index contributed by atoms with van der Waals surface area (Å²) in [4.78, 5) is 68.4. The Labute approximate surface area is 251 Å². The maximum absolute atomic E-state index is 12.9. The van der Waals surface area contributed by atoms with Crippen LogP contribution in [-0.4, -0.2) is 89.4 Å². The highest BCUT2D eigenvalue weighted by Crippen LogP contribution is 2.29. The Morgan fingerprint density at radius 1 is 0.791 bits per heavy atom. The molecule has 1 heterocycles. The molecule has 0 atom stereocenters. The van der Waals surface area contributed by atoms with Gasteiger partial charge in [0, 0.05) is 18.7 Å². The van der Waals surface area contributed by atoms with E-state index in [1.807, 2.05) is 20.8 Å². The molecule has 14 heteroatoms. The molecule has 0 aliphatic carbocycles. The summed E-state index contributed by atoms with van der Waals surface area (Å²) in [6.07, 6.45) is 0. The predicted molar refractivity (Wildman–Crippen MR) is 153 cm³/mol. The summed E-state index contributed by atoms with van der Waals surface area (Å²) in [6, 6.07) is 3.26. The van der Waals surface area contributed by atoms with E-state index in [1.165, 1.54) is 18.2 Å². The first kappa shape index (κ1) is 35.1. The maximum atomic E-state index is 12.9. The summed E-state index contributed by atoms with van der Waals surface area (Å²) in [5, 5.41) is 1.56. The predicted octanol–water partition coefficient (Wildman–Crippen LogP) is 2.55. The lowest BCUT2D eigenvalue weighted by atomic mass is 10.2. The largest absolute Gasteiger partial charge is 0.478 e. The fraction of sp³-hybridized carbons (Fsp3) is 0.586. The van der Waals surface area contributed by atoms with E-state index in [0.29, 0.717) is 6.54 Å². The third-order valence-corrected chi connectivity index (χ3v) is 5.01. The fourth-order valence-electron chi connectivity index (χ4n) is 3.60. The number of rotatable bonds is 8. The first-order valence-electron chi connectivity index (χ1n) is 13.7. The van der Waals surface area contributed by atoms with Crippen LogP contribution in [-0.2, 0) is 28.7 Å². The van der Waals surface area contributed by atoms with Gasteiger partial charge in [0.15, 0.2) is 24.7 Å². The molecule has 0 aromatic heterocycles. The molecule has 3 amide bonds. The van der Waals surface area contributed by atoms with E-state index in [1.54, 1.807) is 52.5 Å². The van der Waals surface area contributed by atoms with Gasteiger partial charge < -0.3 is 18.9 Å². The SMILES string of the molecule is CC(C)(C)OC(=O)COc1ccc(C(=O)NNC(=O)N2CCN(OC(C)(C)C)CC2=C=O)cc1OCC(=O)OC(C)(C)C. The van der Waals surface area contributed by atoms with Crippen LogP contribution in [0.3, 0.4) is 0 Å². The number of nitrogens with one attached hydrogen (secondary N) is 2. The summed E-state index contributed by atoms with van der Waals surface area (Å²) >= 11 is 0. The van der Waals surface area contributed by atoms with Crippen LogP contribution in [0.15, 0.2) is 23.9 Å². The zero-order chi connectivity index (χ0) is 32.6. The molecule has 14 nitrogen and oxygen atoms in total. The Morgan fingerprint density at radius 3 is 1.86 bits per heavy atom. The van der Waals surface area contributed by atoms with Gasteiger partial charge in [-0.25, -0.2) is 24.6 Å². The van der Waals surface area contributed by atoms with Crippen molar-refractivity contribution in [2.45, 2.75) is 79.1 Å². The molecular weight excluding hydrogens is 564 g/mol. The lowest BCUT2D eigenvalue weighted by Crippen LogP contribution is -2.55. The van der Waals surface area contributed by atoms with Crippen molar-refractivity contribution in [1.82, 2.24) is 20.8 Å². The second kappa shape index (κ2) is 14.4. The summed E-state index contributed by atoms with van der Waals surface area (Å²) < 4.78 is 21.6. The molecule has 0 spiro atoms. The van der Waals surface area contributed by atoms with Crippen LogP contribution in [0.5, 0.6) is 11.5 Å². The van der Waals surface area contributed by atoms with Gasteiger partial charge in [0.2, 0.25) is 0 Å². The van der Waals surface area contributed by atoms with Crippen LogP contribution in [0.25, 0.3) is 0 Å². The van der Waals surface area contributed by atoms with Crippen molar-refractivity contribution in [3.63, 3.8) is 0 Å². The van der Waals surface area contributed by atoms with Gasteiger partial charge in [0.05, 0.1) is 12.1 Å². The van der Waals surface area contributed by atoms with Crippen molar-refractivity contribution in [2.75, 3.05) is 32.8 Å². The minimum atomic E-state index is -0.749. The lowest BCUT2D eigenvalue weighted by molar-refractivity contribution is -0.231. The second-order valence-electron chi connectivity index (χ2n) is 12.6. The maximum Gasteiger partial charge on any atom is 0.344 e. The average molecular weight is 607 g/mol. The lowest BCUT2D eigenvalue weighted by Gasteiger charge is -2.37. The van der Waals surface area contributed by atoms with Gasteiger partial charge in [-0.15, -0.1) is 0 Å². The number of piperazine rings is 1. The number of benzene rings is 1. The minimum absolute atomic E-state index is 0.0265. The van der Waals surface area contributed by atoms with Crippen molar-refractivity contribution in [3.05, 3.63) is 29.5 Å². The summed E-state index contributed by atoms with van der Waals surface area (Å²) in [7, 11) is 0. The number of hydrazine groups is 1. The quantitative estimate of drug-likeness (QED) is 0.254. The Balaban J connectivity index is 2.11. The van der Waals surface area contributed by atoms with Crippen molar-refractivity contribution in [1.29, 1.82) is 0 Å². The van der Waals surface area contributed by atoms with Crippen LogP contribution in [0.2, 0.25) is 0 Å². The number of ether oxygens (including phenoxy) is 4. The number of urea groups is 1. The first-order chi connectivity index (χ1) is 19.8. The number of hydroxylamine groups is 2. The van der Waals surface area contributed by atoms with Crippen LogP contribution < -0.4 is 20.3 Å². The highest BCUT2D eigenvalue weighted by atomic mass is 16.7. The molecule has 1 aliphatic heterocycles. The molecule has 43 heavy (non-hydrogen) atoms. The van der Waals surface area contributed by atoms with Crippen LogP contribution >= 0.6 is 0 Å². The van der Waals surface area contributed by atoms with E-state index in [-0.39, 0.29) is 35.8 Å². The van der Waals surface area contributed by atoms with Gasteiger partial charge in [-0.3, -0.25) is 20.0 Å². The molecule has 1 aliphatic rings. The molecular formula is C29H42N4O10. The first-order valence-corrected chi connectivity index (χ1v) is 13.7. The molecule has 1 aromatic rings. The molecule has 1 aromatic carbocycles. The van der Waals surface area contributed by atoms with Gasteiger partial charge in [-0.2, -0.15) is 5.06 Å². The van der Waals surface area contributed by atoms with E-state index in [0.717, 1.165) is 4.90 Å². The van der Waals surface area contributed by atoms with Gasteiger partial charge in [-0.1, -0.05) is 0 Å². The van der Waals surface area contributed by atoms with Crippen LogP contribution in [0, 0.1) is 0 Å². The molecule has 0 saturated carbocycles. The van der Waals surface area contributed by atoms with Crippen LogP contribution in [0.4, 0.5) is 4.79 Å². The van der Waals surface area contributed by atoms with E-state index < -0.39 is 53.9 Å². The zero-order valence-electron chi connectivity index (χ0n) is 26.2. The van der Waals surface area contributed by atoms with Gasteiger partial charge in [0.1, 0.15) is 22.8 Å². The number of hydrogen-bond donors (Lipinski definition) is 2. The van der Waals surface area contributed by atoms with Gasteiger partial charge in [0.25, 0.3) is 5.91 Å². The highest BCUT2D eigenvalue weighted by Gasteiger charge is 2.30. The standard InChI is InChI=1S/C29H42N4O10/c1-27(2,3)41-23(35)17-39-21-11-10-19(14-22(21)40-18-24(36)42-28(4,5)6)25(37)30-31-26(38)33-13-12-32(15-20(33)16-34)43-29(7,8)9/h10-11,14H,12-13,15,17-18H2,1-9H3,(H,30,37)(H,31,38). The highest BCUT2D eigenvalue weighted by molar-refractivity contribution is 5.96. The van der Waals surface area contributed by atoms with Crippen molar-refractivity contribution >= 4 is 29.8 Å². The number of nitrogens with zero attached hydrogens (tertiary/aromatic N) is 2. The Morgan fingerprint density at radius 2 is 1.35 bits per heavy atom. The molecule has 1 saturated heterocycles. The van der Waals surface area contributed by atoms with Crippen molar-refractivity contribution in [2.24, 2.45) is 0 Å². The number of carbonyl (C=O) groups excluding carboxylic acids is 5. The third kappa shape index (κ3) is 12.7. The van der Waals surface area contributed by atoms with E-state index in [9.17, 15) is 24.0 Å². The Hall–Kier alpha value is -4.13. The molecule has 0 bridgehead atoms. The van der Waals surface area contributed by atoms with E-state index in [2.05, 4.69) is 10.9 Å². The van der Waals surface area contributed by atoms with Gasteiger partial charge in [-0.05, 0) is 80.5 Å². The fourth-order valence-corrected chi connectivity index (χ4v) is 3.60. The number of carbonyl (C=O) groups is 4. The summed E-state index contributed by atoms with van der Waals surface area (Å²) in [5.74, 6) is -0.259. The molecule has 0 unspecified atom stereocenters. The second-order valence-corrected chi connectivity index (χ2v) is 12.6. The van der Waals surface area contributed by atoms with E-state index >= 15 is 0 Å². The molecule has 0 radical (unpaired) electrons. The number of amides is 3. The molecule has 2 rings (SSSR count). The zero-order valence-corrected chi connectivity index (χ0v) is 26.2. The normalized spacial score (nSPS) is 14.3. The molecule has 2 N–H and O–H groups in total.